The highest BCUT2D eigenvalue weighted by Gasteiger charge is 2.49. The number of rotatable bonds is 7. The van der Waals surface area contributed by atoms with Gasteiger partial charge in [-0.05, 0) is 12.5 Å². The van der Waals surface area contributed by atoms with Crippen LogP contribution in [0.5, 0.6) is 0 Å². The van der Waals surface area contributed by atoms with Gasteiger partial charge in [0.15, 0.2) is 5.78 Å². The van der Waals surface area contributed by atoms with Crippen LogP contribution in [-0.4, -0.2) is 32.2 Å². The van der Waals surface area contributed by atoms with Gasteiger partial charge >= 0.3 is 0 Å². The lowest BCUT2D eigenvalue weighted by atomic mass is 10.0. The summed E-state index contributed by atoms with van der Waals surface area (Å²) in [6.45, 7) is 8.91. The van der Waals surface area contributed by atoms with Gasteiger partial charge in [-0.25, -0.2) is 0 Å². The lowest BCUT2D eigenvalue weighted by molar-refractivity contribution is -0.158. The first-order valence-electron chi connectivity index (χ1n) is 9.65. The topological polar surface area (TPSA) is 35.5 Å². The maximum atomic E-state index is 12.7. The van der Waals surface area contributed by atoms with Crippen LogP contribution in [0.15, 0.2) is 41.6 Å². The van der Waals surface area contributed by atoms with Crippen LogP contribution in [0.3, 0.4) is 0 Å². The van der Waals surface area contributed by atoms with Crippen molar-refractivity contribution in [3.05, 3.63) is 47.2 Å². The Morgan fingerprint density at radius 3 is 2.40 bits per heavy atom. The van der Waals surface area contributed by atoms with Gasteiger partial charge < -0.3 is 9.47 Å². The molecular weight excluding hydrogens is 328 g/mol. The Balaban J connectivity index is 1.81. The van der Waals surface area contributed by atoms with Crippen LogP contribution in [0.4, 0.5) is 0 Å². The van der Waals surface area contributed by atoms with E-state index in [1.165, 1.54) is 23.3 Å². The first kappa shape index (κ1) is 18.6. The summed E-state index contributed by atoms with van der Waals surface area (Å²) in [5.41, 5.74) is 1.10. The van der Waals surface area contributed by atoms with Crippen LogP contribution in [-0.2, 0) is 14.3 Å². The number of hydrogen-bond donors (Lipinski definition) is 0. The maximum absolute atomic E-state index is 12.7. The highest BCUT2D eigenvalue weighted by atomic mass is 28.3. The molecule has 0 amide bonds. The van der Waals surface area contributed by atoms with Gasteiger partial charge in [0.25, 0.3) is 0 Å². The smallest absolute Gasteiger partial charge is 0.167 e. The minimum Gasteiger partial charge on any atom is -0.363 e. The summed E-state index contributed by atoms with van der Waals surface area (Å²) in [7, 11) is -1.50. The van der Waals surface area contributed by atoms with E-state index in [-0.39, 0.29) is 24.1 Å². The first-order chi connectivity index (χ1) is 12.0. The van der Waals surface area contributed by atoms with Gasteiger partial charge in [-0.15, -0.1) is 0 Å². The van der Waals surface area contributed by atoms with Gasteiger partial charge in [0.2, 0.25) is 0 Å². The SMILES string of the molecule is CC[Si](CC)(CC)C1=C[C@@H]2O[C@H]1CC(=O)[C@@H]2O[C@H](C)c1ccccc1. The molecule has 2 heterocycles. The Labute approximate surface area is 152 Å². The first-order valence-corrected chi connectivity index (χ1v) is 12.3. The molecule has 1 aromatic rings. The van der Waals surface area contributed by atoms with Crippen molar-refractivity contribution >= 4 is 13.9 Å². The van der Waals surface area contributed by atoms with Crippen LogP contribution in [0, 0.1) is 0 Å². The van der Waals surface area contributed by atoms with E-state index in [4.69, 9.17) is 9.47 Å². The Kier molecular flexibility index (Phi) is 5.61. The zero-order valence-electron chi connectivity index (χ0n) is 15.8. The fourth-order valence-electron chi connectivity index (χ4n) is 4.44. The zero-order chi connectivity index (χ0) is 18.0. The molecule has 0 radical (unpaired) electrons. The van der Waals surface area contributed by atoms with E-state index >= 15 is 0 Å². The minimum atomic E-state index is -1.50. The molecule has 1 fully saturated rings. The third kappa shape index (κ3) is 3.40. The highest BCUT2D eigenvalue weighted by Crippen LogP contribution is 2.41. The molecule has 0 aromatic heterocycles. The van der Waals surface area contributed by atoms with Gasteiger partial charge in [-0.2, -0.15) is 0 Å². The molecular formula is C21H30O3Si. The van der Waals surface area contributed by atoms with Gasteiger partial charge in [0.05, 0.1) is 20.3 Å². The van der Waals surface area contributed by atoms with Crippen LogP contribution < -0.4 is 0 Å². The summed E-state index contributed by atoms with van der Waals surface area (Å²) in [4.78, 5) is 12.7. The van der Waals surface area contributed by atoms with Crippen LogP contribution in [0.1, 0.15) is 45.8 Å². The van der Waals surface area contributed by atoms with Crippen molar-refractivity contribution in [1.82, 2.24) is 0 Å². The number of carbonyl (C=O) groups is 1. The second-order valence-corrected chi connectivity index (χ2v) is 12.6. The van der Waals surface area contributed by atoms with E-state index in [2.05, 4.69) is 26.8 Å². The Morgan fingerprint density at radius 2 is 1.80 bits per heavy atom. The molecule has 4 atom stereocenters. The number of carbonyl (C=O) groups excluding carboxylic acids is 1. The summed E-state index contributed by atoms with van der Waals surface area (Å²) in [6.07, 6.45) is 1.96. The lowest BCUT2D eigenvalue weighted by Gasteiger charge is -2.35. The third-order valence-corrected chi connectivity index (χ3v) is 12.1. The van der Waals surface area contributed by atoms with Crippen LogP contribution in [0.2, 0.25) is 18.1 Å². The molecule has 3 nitrogen and oxygen atoms in total. The quantitative estimate of drug-likeness (QED) is 0.654. The van der Waals surface area contributed by atoms with Crippen molar-refractivity contribution in [3.8, 4) is 0 Å². The second kappa shape index (κ2) is 7.56. The van der Waals surface area contributed by atoms with Crippen molar-refractivity contribution < 1.29 is 14.3 Å². The third-order valence-electron chi connectivity index (χ3n) is 6.28. The van der Waals surface area contributed by atoms with E-state index in [1.807, 2.05) is 37.3 Å². The molecule has 2 aliphatic heterocycles. The van der Waals surface area contributed by atoms with E-state index in [0.29, 0.717) is 6.42 Å². The fraction of sp³-hybridized carbons (Fsp3) is 0.571. The number of Topliss-reactive ketones (excluding diaryl/α,β-unsaturated/α-hetero) is 1. The van der Waals surface area contributed by atoms with Gasteiger partial charge in [0.1, 0.15) is 12.2 Å². The Bertz CT molecular complexity index is 628. The zero-order valence-corrected chi connectivity index (χ0v) is 16.8. The molecule has 4 heteroatoms. The molecule has 0 aliphatic carbocycles. The number of fused-ring (bicyclic) bond motifs is 2. The molecule has 3 rings (SSSR count). The molecule has 0 N–H and O–H groups in total. The van der Waals surface area contributed by atoms with E-state index in [0.717, 1.165) is 5.56 Å². The van der Waals surface area contributed by atoms with Crippen LogP contribution in [0.25, 0.3) is 0 Å². The van der Waals surface area contributed by atoms with Crippen molar-refractivity contribution in [2.75, 3.05) is 0 Å². The summed E-state index contributed by atoms with van der Waals surface area (Å²) >= 11 is 0. The number of ether oxygens (including phenoxy) is 2. The summed E-state index contributed by atoms with van der Waals surface area (Å²) < 4.78 is 12.4. The minimum absolute atomic E-state index is 0.0101. The van der Waals surface area contributed by atoms with Gasteiger partial charge in [-0.3, -0.25) is 4.79 Å². The van der Waals surface area contributed by atoms with E-state index in [9.17, 15) is 4.79 Å². The Hall–Kier alpha value is -1.23. The monoisotopic (exact) mass is 358 g/mol. The highest BCUT2D eigenvalue weighted by molar-refractivity contribution is 6.86. The molecule has 1 saturated heterocycles. The number of benzene rings is 1. The predicted octanol–water partition coefficient (Wildman–Crippen LogP) is 4.85. The molecule has 0 spiro atoms. The predicted molar refractivity (Wildman–Crippen MR) is 103 cm³/mol. The summed E-state index contributed by atoms with van der Waals surface area (Å²) in [6, 6.07) is 13.7. The normalized spacial score (nSPS) is 27.3. The average Bonchev–Trinajstić information content (AvgIpc) is 3.00. The van der Waals surface area contributed by atoms with Crippen LogP contribution >= 0.6 is 0 Å². The molecule has 0 unspecified atom stereocenters. The molecule has 2 bridgehead atoms. The molecule has 1 aromatic carbocycles. The van der Waals surface area contributed by atoms with Crippen molar-refractivity contribution in [2.45, 2.75) is 76.7 Å². The van der Waals surface area contributed by atoms with Gasteiger partial charge in [0, 0.05) is 6.42 Å². The summed E-state index contributed by atoms with van der Waals surface area (Å²) in [5.74, 6) is 0.196. The second-order valence-electron chi connectivity index (χ2n) is 7.33. The van der Waals surface area contributed by atoms with Crippen molar-refractivity contribution in [1.29, 1.82) is 0 Å². The maximum Gasteiger partial charge on any atom is 0.167 e. The van der Waals surface area contributed by atoms with Gasteiger partial charge in [-0.1, -0.05) is 80.5 Å². The van der Waals surface area contributed by atoms with E-state index in [1.54, 1.807) is 0 Å². The largest absolute Gasteiger partial charge is 0.363 e. The fourth-order valence-corrected chi connectivity index (χ4v) is 8.54. The van der Waals surface area contributed by atoms with Crippen molar-refractivity contribution in [2.24, 2.45) is 0 Å². The lowest BCUT2D eigenvalue weighted by Crippen LogP contribution is -2.45. The molecule has 25 heavy (non-hydrogen) atoms. The molecule has 0 saturated carbocycles. The number of hydrogen-bond acceptors (Lipinski definition) is 3. The number of ketones is 1. The molecule has 136 valence electrons. The average molecular weight is 359 g/mol. The molecule has 2 aliphatic rings. The Morgan fingerprint density at radius 1 is 1.16 bits per heavy atom. The van der Waals surface area contributed by atoms with Crippen molar-refractivity contribution in [3.63, 3.8) is 0 Å². The standard InChI is InChI=1S/C21H30O3Si/c1-5-25(6-2,7-3)20-14-19-21(17(22)13-18(20)24-19)23-15(4)16-11-9-8-10-12-16/h8-12,14-15,18-19,21H,5-7,13H2,1-4H3/t15-,18+,19+,21+/m1/s1. The summed E-state index contributed by atoms with van der Waals surface area (Å²) in [5, 5.41) is 1.47. The van der Waals surface area contributed by atoms with E-state index < -0.39 is 14.2 Å².